The van der Waals surface area contributed by atoms with E-state index in [-0.39, 0.29) is 11.7 Å². The van der Waals surface area contributed by atoms with Crippen LogP contribution in [0.1, 0.15) is 22.3 Å². The maximum Gasteiger partial charge on any atom is 0.338 e. The van der Waals surface area contributed by atoms with Crippen molar-refractivity contribution in [3.8, 4) is 5.75 Å². The van der Waals surface area contributed by atoms with Gasteiger partial charge in [-0.3, -0.25) is 0 Å². The summed E-state index contributed by atoms with van der Waals surface area (Å²) in [6.07, 6.45) is 1.69. The molecule has 2 aromatic carbocycles. The fraction of sp³-hybridized carbons (Fsp3) is 0.188. The molecule has 0 radical (unpaired) electrons. The monoisotopic (exact) mass is 256 g/mol. The summed E-state index contributed by atoms with van der Waals surface area (Å²) in [6.45, 7) is 0.397. The molecule has 0 aromatic heterocycles. The van der Waals surface area contributed by atoms with Gasteiger partial charge >= 0.3 is 5.97 Å². The molecule has 0 fully saturated rings. The molecule has 3 nitrogen and oxygen atoms in total. The van der Waals surface area contributed by atoms with Crippen LogP contribution in [0.3, 0.4) is 0 Å². The van der Waals surface area contributed by atoms with E-state index in [0.29, 0.717) is 12.2 Å². The number of benzene rings is 2. The molecule has 2 rings (SSSR count). The lowest BCUT2D eigenvalue weighted by molar-refractivity contribution is 0.0500. The zero-order valence-corrected chi connectivity index (χ0v) is 10.6. The molecular weight excluding hydrogens is 240 g/mol. The number of carbonyl (C=O) groups is 1. The third-order valence-corrected chi connectivity index (χ3v) is 2.79. The normalized spacial score (nSPS) is 10.1. The Balaban J connectivity index is 1.74. The molecule has 2 aromatic rings. The lowest BCUT2D eigenvalue weighted by Gasteiger charge is -2.05. The Hall–Kier alpha value is -2.29. The highest BCUT2D eigenvalue weighted by atomic mass is 16.5. The van der Waals surface area contributed by atoms with Crippen molar-refractivity contribution in [2.24, 2.45) is 0 Å². The second kappa shape index (κ2) is 6.59. The van der Waals surface area contributed by atoms with Crippen molar-refractivity contribution >= 4 is 5.97 Å². The summed E-state index contributed by atoms with van der Waals surface area (Å²) in [4.78, 5) is 11.7. The predicted octanol–water partition coefficient (Wildman–Crippen LogP) is 3.18. The van der Waals surface area contributed by atoms with Crippen molar-refractivity contribution in [3.63, 3.8) is 0 Å². The number of hydrogen-bond acceptors (Lipinski definition) is 3. The lowest BCUT2D eigenvalue weighted by Crippen LogP contribution is -2.06. The Kier molecular flexibility index (Phi) is 4.56. The number of aromatic hydroxyl groups is 1. The zero-order valence-electron chi connectivity index (χ0n) is 10.6. The van der Waals surface area contributed by atoms with E-state index in [1.54, 1.807) is 12.1 Å². The Morgan fingerprint density at radius 3 is 2.37 bits per heavy atom. The molecule has 0 atom stereocenters. The summed E-state index contributed by atoms with van der Waals surface area (Å²) in [7, 11) is 0. The average Bonchev–Trinajstić information content (AvgIpc) is 2.45. The van der Waals surface area contributed by atoms with Crippen molar-refractivity contribution in [2.45, 2.75) is 12.8 Å². The van der Waals surface area contributed by atoms with Crippen LogP contribution in [0, 0.1) is 0 Å². The summed E-state index contributed by atoms with van der Waals surface area (Å²) >= 11 is 0. The van der Waals surface area contributed by atoms with Crippen LogP contribution >= 0.6 is 0 Å². The van der Waals surface area contributed by atoms with Gasteiger partial charge in [0.15, 0.2) is 0 Å². The van der Waals surface area contributed by atoms with Crippen LogP contribution in [0.4, 0.5) is 0 Å². The van der Waals surface area contributed by atoms with E-state index < -0.39 is 0 Å². The van der Waals surface area contributed by atoms with E-state index in [4.69, 9.17) is 9.84 Å². The predicted molar refractivity (Wildman–Crippen MR) is 73.2 cm³/mol. The second-order valence-corrected chi connectivity index (χ2v) is 4.27. The molecule has 0 saturated heterocycles. The van der Waals surface area contributed by atoms with Crippen LogP contribution in [0.5, 0.6) is 5.75 Å². The molecule has 0 aliphatic rings. The van der Waals surface area contributed by atoms with Crippen molar-refractivity contribution in [1.29, 1.82) is 0 Å². The van der Waals surface area contributed by atoms with Crippen LogP contribution in [0.25, 0.3) is 0 Å². The molecule has 1 N–H and O–H groups in total. The highest BCUT2D eigenvalue weighted by Crippen LogP contribution is 2.11. The summed E-state index contributed by atoms with van der Waals surface area (Å²) in [6, 6.07) is 16.1. The van der Waals surface area contributed by atoms with Gasteiger partial charge in [0, 0.05) is 0 Å². The van der Waals surface area contributed by atoms with E-state index in [0.717, 1.165) is 12.8 Å². The van der Waals surface area contributed by atoms with Crippen LogP contribution in [0.2, 0.25) is 0 Å². The highest BCUT2D eigenvalue weighted by Gasteiger charge is 2.06. The SMILES string of the molecule is O=C(OCCCc1ccccc1)c1ccc(O)cc1. The maximum atomic E-state index is 11.7. The first-order valence-electron chi connectivity index (χ1n) is 6.26. The van der Waals surface area contributed by atoms with Crippen molar-refractivity contribution in [1.82, 2.24) is 0 Å². The van der Waals surface area contributed by atoms with Gasteiger partial charge in [-0.1, -0.05) is 30.3 Å². The largest absolute Gasteiger partial charge is 0.508 e. The van der Waals surface area contributed by atoms with Gasteiger partial charge in [-0.15, -0.1) is 0 Å². The number of phenolic OH excluding ortho intramolecular Hbond substituents is 1. The molecule has 0 spiro atoms. The zero-order chi connectivity index (χ0) is 13.5. The number of ether oxygens (including phenoxy) is 1. The molecule has 98 valence electrons. The minimum Gasteiger partial charge on any atom is -0.508 e. The van der Waals surface area contributed by atoms with Crippen LogP contribution < -0.4 is 0 Å². The molecule has 3 heteroatoms. The molecule has 0 heterocycles. The van der Waals surface area contributed by atoms with Crippen LogP contribution in [-0.2, 0) is 11.2 Å². The van der Waals surface area contributed by atoms with Gasteiger partial charge < -0.3 is 9.84 Å². The van der Waals surface area contributed by atoms with E-state index in [2.05, 4.69) is 12.1 Å². The molecular formula is C16H16O3. The van der Waals surface area contributed by atoms with Crippen molar-refractivity contribution < 1.29 is 14.6 Å². The quantitative estimate of drug-likeness (QED) is 0.660. The van der Waals surface area contributed by atoms with E-state index in [9.17, 15) is 4.79 Å². The van der Waals surface area contributed by atoms with Gasteiger partial charge in [0.1, 0.15) is 5.75 Å². The summed E-state index contributed by atoms with van der Waals surface area (Å²) in [5, 5.41) is 9.13. The molecule has 0 aliphatic carbocycles. The highest BCUT2D eigenvalue weighted by molar-refractivity contribution is 5.89. The first kappa shape index (κ1) is 13.1. The first-order valence-corrected chi connectivity index (χ1v) is 6.26. The fourth-order valence-electron chi connectivity index (χ4n) is 1.77. The summed E-state index contributed by atoms with van der Waals surface area (Å²) in [5.74, 6) is -0.214. The smallest absolute Gasteiger partial charge is 0.338 e. The second-order valence-electron chi connectivity index (χ2n) is 4.27. The maximum absolute atomic E-state index is 11.7. The number of aryl methyl sites for hydroxylation is 1. The Bertz CT molecular complexity index is 517. The van der Waals surface area contributed by atoms with Gasteiger partial charge in [0.2, 0.25) is 0 Å². The topological polar surface area (TPSA) is 46.5 Å². The lowest BCUT2D eigenvalue weighted by atomic mass is 10.1. The van der Waals surface area contributed by atoms with Gasteiger partial charge in [-0.05, 0) is 42.7 Å². The minimum atomic E-state index is -0.354. The van der Waals surface area contributed by atoms with E-state index >= 15 is 0 Å². The number of hydrogen-bond donors (Lipinski definition) is 1. The van der Waals surface area contributed by atoms with Gasteiger partial charge in [-0.25, -0.2) is 4.79 Å². The third-order valence-electron chi connectivity index (χ3n) is 2.79. The molecule has 0 saturated carbocycles. The Morgan fingerprint density at radius 1 is 1.00 bits per heavy atom. The van der Waals surface area contributed by atoms with Crippen molar-refractivity contribution in [2.75, 3.05) is 6.61 Å². The molecule has 0 unspecified atom stereocenters. The van der Waals surface area contributed by atoms with Crippen molar-refractivity contribution in [3.05, 3.63) is 65.7 Å². The molecule has 0 bridgehead atoms. The molecule has 0 amide bonds. The van der Waals surface area contributed by atoms with Gasteiger partial charge in [-0.2, -0.15) is 0 Å². The van der Waals surface area contributed by atoms with E-state index in [1.807, 2.05) is 18.2 Å². The molecule has 19 heavy (non-hydrogen) atoms. The van der Waals surface area contributed by atoms with Crippen LogP contribution in [0.15, 0.2) is 54.6 Å². The Labute approximate surface area is 112 Å². The Morgan fingerprint density at radius 2 is 1.68 bits per heavy atom. The number of rotatable bonds is 5. The number of esters is 1. The third kappa shape index (κ3) is 4.14. The van der Waals surface area contributed by atoms with Crippen LogP contribution in [-0.4, -0.2) is 17.7 Å². The number of phenols is 1. The standard InChI is InChI=1S/C16H16O3/c17-15-10-8-14(9-11-15)16(18)19-12-4-7-13-5-2-1-3-6-13/h1-3,5-6,8-11,17H,4,7,12H2. The molecule has 0 aliphatic heterocycles. The summed E-state index contributed by atoms with van der Waals surface area (Å²) < 4.78 is 5.17. The van der Waals surface area contributed by atoms with Gasteiger partial charge in [0.05, 0.1) is 12.2 Å². The number of carbonyl (C=O) groups excluding carboxylic acids is 1. The first-order chi connectivity index (χ1) is 9.25. The minimum absolute atomic E-state index is 0.139. The van der Waals surface area contributed by atoms with Gasteiger partial charge in [0.25, 0.3) is 0 Å². The average molecular weight is 256 g/mol. The fourth-order valence-corrected chi connectivity index (χ4v) is 1.77. The summed E-state index contributed by atoms with van der Waals surface area (Å²) in [5.41, 5.74) is 1.70. The van der Waals surface area contributed by atoms with E-state index in [1.165, 1.54) is 17.7 Å².